The minimum atomic E-state index is -0.551. The lowest BCUT2D eigenvalue weighted by Gasteiger charge is -2.06. The molecule has 4 heteroatoms. The number of ether oxygens (including phenoxy) is 2. The van der Waals surface area contributed by atoms with Crippen LogP contribution in [0.4, 0.5) is 0 Å². The summed E-state index contributed by atoms with van der Waals surface area (Å²) < 4.78 is 10.1. The minimum Gasteiger partial charge on any atom is -0.497 e. The van der Waals surface area contributed by atoms with Gasteiger partial charge in [0.2, 0.25) is 5.78 Å². The maximum Gasteiger partial charge on any atom is 0.331 e. The first-order valence-electron chi connectivity index (χ1n) is 7.59. The number of benzene rings is 2. The Bertz CT molecular complexity index is 758. The summed E-state index contributed by atoms with van der Waals surface area (Å²) in [5.74, 6) is -0.0132. The number of ketones is 1. The van der Waals surface area contributed by atoms with Crippen molar-refractivity contribution >= 4 is 17.8 Å². The SMILES string of the molecule is COc1ccc(/C=C/C(=O)OCC(=O)c2cc(C)ccc2C)cc1. The van der Waals surface area contributed by atoms with Crippen molar-refractivity contribution in [3.63, 3.8) is 0 Å². The van der Waals surface area contributed by atoms with Crippen LogP contribution in [0.25, 0.3) is 6.08 Å². The number of aryl methyl sites for hydroxylation is 2. The summed E-state index contributed by atoms with van der Waals surface area (Å²) in [5, 5.41) is 0. The number of methoxy groups -OCH3 is 1. The third-order valence-corrected chi connectivity index (χ3v) is 3.57. The maximum atomic E-state index is 12.2. The van der Waals surface area contributed by atoms with Gasteiger partial charge in [-0.05, 0) is 49.2 Å². The van der Waals surface area contributed by atoms with Gasteiger partial charge < -0.3 is 9.47 Å². The fourth-order valence-electron chi connectivity index (χ4n) is 2.18. The first-order valence-corrected chi connectivity index (χ1v) is 7.59. The Kier molecular flexibility index (Phi) is 5.90. The average molecular weight is 324 g/mol. The third-order valence-electron chi connectivity index (χ3n) is 3.57. The molecule has 0 aliphatic heterocycles. The molecule has 0 bridgehead atoms. The van der Waals surface area contributed by atoms with Gasteiger partial charge in [0.15, 0.2) is 6.61 Å². The van der Waals surface area contributed by atoms with Crippen LogP contribution in [0.5, 0.6) is 5.75 Å². The summed E-state index contributed by atoms with van der Waals surface area (Å²) in [7, 11) is 1.59. The second-order valence-corrected chi connectivity index (χ2v) is 5.46. The van der Waals surface area contributed by atoms with Crippen molar-refractivity contribution in [2.45, 2.75) is 13.8 Å². The molecule has 0 spiro atoms. The maximum absolute atomic E-state index is 12.2. The molecule has 0 heterocycles. The van der Waals surface area contributed by atoms with Crippen LogP contribution < -0.4 is 4.74 Å². The predicted molar refractivity (Wildman–Crippen MR) is 93.2 cm³/mol. The molecule has 2 aromatic carbocycles. The normalized spacial score (nSPS) is 10.6. The Morgan fingerprint density at radius 2 is 1.75 bits per heavy atom. The molecule has 0 amide bonds. The Balaban J connectivity index is 1.91. The Hall–Kier alpha value is -2.88. The highest BCUT2D eigenvalue weighted by atomic mass is 16.5. The Morgan fingerprint density at radius 1 is 1.04 bits per heavy atom. The van der Waals surface area contributed by atoms with E-state index in [1.807, 2.05) is 38.1 Å². The van der Waals surface area contributed by atoms with E-state index in [1.165, 1.54) is 6.08 Å². The second kappa shape index (κ2) is 8.11. The molecule has 0 fully saturated rings. The van der Waals surface area contributed by atoms with E-state index in [1.54, 1.807) is 31.4 Å². The predicted octanol–water partition coefficient (Wildman–Crippen LogP) is 3.75. The van der Waals surface area contributed by atoms with Crippen LogP contribution in [0.15, 0.2) is 48.5 Å². The number of hydrogen-bond donors (Lipinski definition) is 0. The molecule has 2 aromatic rings. The molecular weight excluding hydrogens is 304 g/mol. The van der Waals surface area contributed by atoms with E-state index in [9.17, 15) is 9.59 Å². The molecule has 2 rings (SSSR count). The quantitative estimate of drug-likeness (QED) is 0.461. The zero-order valence-electron chi connectivity index (χ0n) is 14.0. The van der Waals surface area contributed by atoms with Crippen LogP contribution in [-0.2, 0) is 9.53 Å². The number of hydrogen-bond acceptors (Lipinski definition) is 4. The van der Waals surface area contributed by atoms with Crippen LogP contribution in [0.1, 0.15) is 27.0 Å². The summed E-state index contributed by atoms with van der Waals surface area (Å²) in [4.78, 5) is 23.9. The van der Waals surface area contributed by atoms with Gasteiger partial charge in [-0.1, -0.05) is 29.8 Å². The van der Waals surface area contributed by atoms with E-state index in [2.05, 4.69) is 0 Å². The molecule has 0 unspecified atom stereocenters. The molecule has 0 atom stereocenters. The fraction of sp³-hybridized carbons (Fsp3) is 0.200. The minimum absolute atomic E-state index is 0.206. The molecule has 0 aromatic heterocycles. The van der Waals surface area contributed by atoms with Crippen LogP contribution in [0.2, 0.25) is 0 Å². The van der Waals surface area contributed by atoms with Gasteiger partial charge in [-0.2, -0.15) is 0 Å². The lowest BCUT2D eigenvalue weighted by molar-refractivity contribution is -0.136. The van der Waals surface area contributed by atoms with Gasteiger partial charge in [0, 0.05) is 11.6 Å². The Labute approximate surface area is 141 Å². The van der Waals surface area contributed by atoms with Crippen LogP contribution in [0, 0.1) is 13.8 Å². The molecule has 0 saturated carbocycles. The van der Waals surface area contributed by atoms with Crippen molar-refractivity contribution in [3.05, 3.63) is 70.8 Å². The molecule has 0 N–H and O–H groups in total. The van der Waals surface area contributed by atoms with Crippen molar-refractivity contribution < 1.29 is 19.1 Å². The average Bonchev–Trinajstić information content (AvgIpc) is 2.60. The molecule has 0 aliphatic rings. The van der Waals surface area contributed by atoms with E-state index >= 15 is 0 Å². The summed E-state index contributed by atoms with van der Waals surface area (Å²) >= 11 is 0. The van der Waals surface area contributed by atoms with E-state index in [-0.39, 0.29) is 12.4 Å². The zero-order chi connectivity index (χ0) is 17.5. The van der Waals surface area contributed by atoms with Gasteiger partial charge in [0.1, 0.15) is 5.75 Å². The first kappa shape index (κ1) is 17.5. The van der Waals surface area contributed by atoms with E-state index < -0.39 is 5.97 Å². The standard InChI is InChI=1S/C20H20O4/c1-14-4-5-15(2)18(12-14)19(21)13-24-20(22)11-8-16-6-9-17(23-3)10-7-16/h4-12H,13H2,1-3H3/b11-8+. The van der Waals surface area contributed by atoms with Crippen molar-refractivity contribution in [3.8, 4) is 5.75 Å². The molecule has 124 valence electrons. The number of esters is 1. The van der Waals surface area contributed by atoms with Gasteiger partial charge >= 0.3 is 5.97 Å². The van der Waals surface area contributed by atoms with Gasteiger partial charge in [0.25, 0.3) is 0 Å². The summed E-state index contributed by atoms with van der Waals surface area (Å²) in [5.41, 5.74) is 3.29. The lowest BCUT2D eigenvalue weighted by atomic mass is 10.0. The van der Waals surface area contributed by atoms with Crippen molar-refractivity contribution in [2.24, 2.45) is 0 Å². The molecular formula is C20H20O4. The third kappa shape index (κ3) is 4.81. The monoisotopic (exact) mass is 324 g/mol. The number of carbonyl (C=O) groups is 2. The van der Waals surface area contributed by atoms with Crippen LogP contribution in [-0.4, -0.2) is 25.5 Å². The highest BCUT2D eigenvalue weighted by Gasteiger charge is 2.11. The topological polar surface area (TPSA) is 52.6 Å². The largest absolute Gasteiger partial charge is 0.497 e. The fourth-order valence-corrected chi connectivity index (χ4v) is 2.18. The zero-order valence-corrected chi connectivity index (χ0v) is 14.0. The van der Waals surface area contributed by atoms with Gasteiger partial charge in [0.05, 0.1) is 7.11 Å². The number of Topliss-reactive ketones (excluding diaryl/α,β-unsaturated/α-hetero) is 1. The first-order chi connectivity index (χ1) is 11.5. The van der Waals surface area contributed by atoms with Crippen LogP contribution >= 0.6 is 0 Å². The smallest absolute Gasteiger partial charge is 0.331 e. The number of carbonyl (C=O) groups excluding carboxylic acids is 2. The highest BCUT2D eigenvalue weighted by Crippen LogP contribution is 2.13. The Morgan fingerprint density at radius 3 is 2.42 bits per heavy atom. The van der Waals surface area contributed by atoms with E-state index in [0.717, 1.165) is 22.4 Å². The van der Waals surface area contributed by atoms with E-state index in [0.29, 0.717) is 5.56 Å². The summed E-state index contributed by atoms with van der Waals surface area (Å²) in [6, 6.07) is 12.9. The molecule has 0 aliphatic carbocycles. The van der Waals surface area contributed by atoms with Crippen molar-refractivity contribution in [1.82, 2.24) is 0 Å². The summed E-state index contributed by atoms with van der Waals surface area (Å²) in [6.07, 6.45) is 2.93. The molecule has 0 saturated heterocycles. The second-order valence-electron chi connectivity index (χ2n) is 5.46. The van der Waals surface area contributed by atoms with Crippen molar-refractivity contribution in [1.29, 1.82) is 0 Å². The van der Waals surface area contributed by atoms with Gasteiger partial charge in [-0.3, -0.25) is 4.79 Å². The molecule has 24 heavy (non-hydrogen) atoms. The van der Waals surface area contributed by atoms with Gasteiger partial charge in [-0.25, -0.2) is 4.79 Å². The molecule has 0 radical (unpaired) electrons. The van der Waals surface area contributed by atoms with E-state index in [4.69, 9.17) is 9.47 Å². The lowest BCUT2D eigenvalue weighted by Crippen LogP contribution is -2.13. The van der Waals surface area contributed by atoms with Crippen molar-refractivity contribution in [2.75, 3.05) is 13.7 Å². The highest BCUT2D eigenvalue weighted by molar-refractivity contribution is 6.00. The summed E-state index contributed by atoms with van der Waals surface area (Å²) in [6.45, 7) is 3.51. The number of rotatable bonds is 6. The molecule has 4 nitrogen and oxygen atoms in total. The van der Waals surface area contributed by atoms with Gasteiger partial charge in [-0.15, -0.1) is 0 Å². The van der Waals surface area contributed by atoms with Crippen LogP contribution in [0.3, 0.4) is 0 Å².